The second kappa shape index (κ2) is 5.76. The molecule has 0 amide bonds. The first-order valence-electron chi connectivity index (χ1n) is 7.01. The van der Waals surface area contributed by atoms with E-state index in [-0.39, 0.29) is 0 Å². The molecule has 0 radical (unpaired) electrons. The Morgan fingerprint density at radius 3 is 2.40 bits per heavy atom. The number of hydrogen-bond donors (Lipinski definition) is 1. The van der Waals surface area contributed by atoms with E-state index in [4.69, 9.17) is 9.47 Å². The predicted molar refractivity (Wildman–Crippen MR) is 71.0 cm³/mol. The number of hydrogen-bond acceptors (Lipinski definition) is 3. The molecule has 1 aliphatic carbocycles. The van der Waals surface area contributed by atoms with Gasteiger partial charge in [0.1, 0.15) is 0 Å². The molecule has 5 heteroatoms. The van der Waals surface area contributed by atoms with Crippen molar-refractivity contribution in [3.8, 4) is 0 Å². The van der Waals surface area contributed by atoms with Crippen LogP contribution in [-0.2, 0) is 35.2 Å². The Bertz CT molecular complexity index is 487. The SMILES string of the molecule is FCOC1(OCF)Cc2ccc3c(c2C1)CCNCC3. The Balaban J connectivity index is 1.94. The molecule has 0 saturated carbocycles. The van der Waals surface area contributed by atoms with E-state index in [0.29, 0.717) is 12.8 Å². The minimum Gasteiger partial charge on any atom is -0.318 e. The number of rotatable bonds is 4. The number of nitrogens with one attached hydrogen (secondary N) is 1. The van der Waals surface area contributed by atoms with Crippen molar-refractivity contribution in [2.75, 3.05) is 26.8 Å². The van der Waals surface area contributed by atoms with Gasteiger partial charge in [-0.05, 0) is 48.2 Å². The predicted octanol–water partition coefficient (Wildman–Crippen LogP) is 2.06. The van der Waals surface area contributed by atoms with Crippen molar-refractivity contribution in [2.45, 2.75) is 31.5 Å². The fraction of sp³-hybridized carbons (Fsp3) is 0.600. The van der Waals surface area contributed by atoms with Gasteiger partial charge in [-0.15, -0.1) is 0 Å². The summed E-state index contributed by atoms with van der Waals surface area (Å²) in [6.07, 6.45) is 2.78. The van der Waals surface area contributed by atoms with Crippen molar-refractivity contribution < 1.29 is 18.3 Å². The first-order chi connectivity index (χ1) is 9.78. The summed E-state index contributed by atoms with van der Waals surface area (Å²) in [7, 11) is 0. The van der Waals surface area contributed by atoms with Crippen molar-refractivity contribution in [1.29, 1.82) is 0 Å². The molecule has 0 bridgehead atoms. The number of halogens is 2. The maximum atomic E-state index is 12.6. The van der Waals surface area contributed by atoms with Crippen molar-refractivity contribution in [1.82, 2.24) is 5.32 Å². The number of fused-ring (bicyclic) bond motifs is 3. The highest BCUT2D eigenvalue weighted by molar-refractivity contribution is 5.46. The quantitative estimate of drug-likeness (QED) is 0.858. The normalized spacial score (nSPS) is 20.3. The lowest BCUT2D eigenvalue weighted by molar-refractivity contribution is -0.260. The molecule has 0 spiro atoms. The summed E-state index contributed by atoms with van der Waals surface area (Å²) in [4.78, 5) is 0. The molecule has 1 aliphatic heterocycles. The second-order valence-corrected chi connectivity index (χ2v) is 5.36. The van der Waals surface area contributed by atoms with Crippen LogP contribution in [0.25, 0.3) is 0 Å². The summed E-state index contributed by atoms with van der Waals surface area (Å²) in [6, 6.07) is 4.17. The molecule has 1 heterocycles. The molecule has 20 heavy (non-hydrogen) atoms. The lowest BCUT2D eigenvalue weighted by Gasteiger charge is -2.26. The van der Waals surface area contributed by atoms with Gasteiger partial charge in [-0.2, -0.15) is 0 Å². The zero-order valence-corrected chi connectivity index (χ0v) is 11.4. The van der Waals surface area contributed by atoms with Crippen molar-refractivity contribution in [3.63, 3.8) is 0 Å². The van der Waals surface area contributed by atoms with Crippen LogP contribution in [0.2, 0.25) is 0 Å². The Morgan fingerprint density at radius 1 is 0.950 bits per heavy atom. The van der Waals surface area contributed by atoms with E-state index < -0.39 is 19.5 Å². The molecule has 0 fully saturated rings. The molecule has 110 valence electrons. The van der Waals surface area contributed by atoms with Gasteiger partial charge in [0, 0.05) is 12.8 Å². The number of alkyl halides is 2. The molecular weight excluding hydrogens is 264 g/mol. The van der Waals surface area contributed by atoms with Gasteiger partial charge < -0.3 is 14.8 Å². The van der Waals surface area contributed by atoms with E-state index in [1.165, 1.54) is 11.1 Å². The monoisotopic (exact) mass is 283 g/mol. The van der Waals surface area contributed by atoms with E-state index in [9.17, 15) is 8.78 Å². The van der Waals surface area contributed by atoms with Crippen molar-refractivity contribution in [2.24, 2.45) is 0 Å². The highest BCUT2D eigenvalue weighted by Gasteiger charge is 2.41. The zero-order valence-electron chi connectivity index (χ0n) is 11.4. The smallest absolute Gasteiger partial charge is 0.191 e. The fourth-order valence-electron chi connectivity index (χ4n) is 3.35. The average molecular weight is 283 g/mol. The molecular formula is C15H19F2NO2. The van der Waals surface area contributed by atoms with Crippen LogP contribution in [0.3, 0.4) is 0 Å². The third kappa shape index (κ3) is 2.45. The first kappa shape index (κ1) is 13.9. The average Bonchev–Trinajstić information content (AvgIpc) is 2.64. The standard InChI is InChI=1S/C15H19F2NO2/c16-9-19-15(20-10-17)7-12-2-1-11-3-5-18-6-4-13(11)14(12)8-15/h1-2,18H,3-10H2. The number of ether oxygens (including phenoxy) is 2. The van der Waals surface area contributed by atoms with E-state index in [1.54, 1.807) is 0 Å². The van der Waals surface area contributed by atoms with E-state index in [2.05, 4.69) is 11.4 Å². The summed E-state index contributed by atoms with van der Waals surface area (Å²) in [5.74, 6) is -1.17. The maximum Gasteiger partial charge on any atom is 0.191 e. The molecule has 1 aromatic rings. The third-order valence-corrected chi connectivity index (χ3v) is 4.29. The van der Waals surface area contributed by atoms with Crippen molar-refractivity contribution >= 4 is 0 Å². The van der Waals surface area contributed by atoms with Crippen LogP contribution in [0.15, 0.2) is 12.1 Å². The Morgan fingerprint density at radius 2 is 1.65 bits per heavy atom. The highest BCUT2D eigenvalue weighted by Crippen LogP contribution is 2.38. The summed E-state index contributed by atoms with van der Waals surface area (Å²) < 4.78 is 35.4. The molecule has 1 aromatic carbocycles. The van der Waals surface area contributed by atoms with Gasteiger partial charge in [0.05, 0.1) is 0 Å². The van der Waals surface area contributed by atoms with E-state index >= 15 is 0 Å². The molecule has 3 rings (SSSR count). The van der Waals surface area contributed by atoms with Gasteiger partial charge in [0.15, 0.2) is 19.5 Å². The number of benzene rings is 1. The Labute approximate surface area is 117 Å². The van der Waals surface area contributed by atoms with Crippen LogP contribution in [0, 0.1) is 0 Å². The largest absolute Gasteiger partial charge is 0.318 e. The van der Waals surface area contributed by atoms with Crippen LogP contribution in [0.5, 0.6) is 0 Å². The van der Waals surface area contributed by atoms with Gasteiger partial charge in [0.2, 0.25) is 0 Å². The van der Waals surface area contributed by atoms with Gasteiger partial charge in [-0.3, -0.25) is 0 Å². The lowest BCUT2D eigenvalue weighted by Crippen LogP contribution is -2.36. The van der Waals surface area contributed by atoms with Crippen LogP contribution >= 0.6 is 0 Å². The highest BCUT2D eigenvalue weighted by atomic mass is 19.1. The molecule has 3 nitrogen and oxygen atoms in total. The van der Waals surface area contributed by atoms with E-state index in [1.807, 2.05) is 6.07 Å². The minimum absolute atomic E-state index is 0.414. The zero-order chi connectivity index (χ0) is 14.0. The molecule has 0 aromatic heterocycles. The Kier molecular flexibility index (Phi) is 4.01. The summed E-state index contributed by atoms with van der Waals surface area (Å²) in [6.45, 7) is -0.0151. The molecule has 2 aliphatic rings. The summed E-state index contributed by atoms with van der Waals surface area (Å²) in [5.41, 5.74) is 4.88. The molecule has 0 atom stereocenters. The molecule has 0 saturated heterocycles. The topological polar surface area (TPSA) is 30.5 Å². The van der Waals surface area contributed by atoms with Crippen LogP contribution in [0.1, 0.15) is 22.3 Å². The fourth-order valence-corrected chi connectivity index (χ4v) is 3.35. The van der Waals surface area contributed by atoms with Gasteiger partial charge in [-0.1, -0.05) is 12.1 Å². The summed E-state index contributed by atoms with van der Waals surface area (Å²) in [5, 5.41) is 3.37. The molecule has 1 N–H and O–H groups in total. The lowest BCUT2D eigenvalue weighted by atomic mass is 9.94. The first-order valence-corrected chi connectivity index (χ1v) is 7.01. The maximum absolute atomic E-state index is 12.6. The molecule has 0 unspecified atom stereocenters. The summed E-state index contributed by atoms with van der Waals surface area (Å²) >= 11 is 0. The second-order valence-electron chi connectivity index (χ2n) is 5.36. The third-order valence-electron chi connectivity index (χ3n) is 4.29. The van der Waals surface area contributed by atoms with Gasteiger partial charge >= 0.3 is 0 Å². The van der Waals surface area contributed by atoms with Crippen LogP contribution in [-0.4, -0.2) is 32.6 Å². The van der Waals surface area contributed by atoms with Crippen LogP contribution < -0.4 is 5.32 Å². The van der Waals surface area contributed by atoms with Gasteiger partial charge in [-0.25, -0.2) is 8.78 Å². The minimum atomic E-state index is -1.17. The Hall–Kier alpha value is -1.04. The van der Waals surface area contributed by atoms with E-state index in [0.717, 1.165) is 37.1 Å². The van der Waals surface area contributed by atoms with Gasteiger partial charge in [0.25, 0.3) is 0 Å². The van der Waals surface area contributed by atoms with Crippen molar-refractivity contribution in [3.05, 3.63) is 34.4 Å². The van der Waals surface area contributed by atoms with Crippen LogP contribution in [0.4, 0.5) is 8.78 Å².